The summed E-state index contributed by atoms with van der Waals surface area (Å²) in [5.41, 5.74) is 0.537. The molecule has 0 aromatic carbocycles. The lowest BCUT2D eigenvalue weighted by Gasteiger charge is -2.41. The molecule has 5 nitrogen and oxygen atoms in total. The van der Waals surface area contributed by atoms with Crippen LogP contribution in [-0.2, 0) is 0 Å². The lowest BCUT2D eigenvalue weighted by molar-refractivity contribution is 0.131. The molecule has 2 rings (SSSR count). The molecule has 2 aliphatic rings. The third-order valence-electron chi connectivity index (χ3n) is 5.77. The van der Waals surface area contributed by atoms with Crippen LogP contribution in [0, 0.1) is 5.41 Å². The van der Waals surface area contributed by atoms with Gasteiger partial charge in [0, 0.05) is 33.2 Å². The van der Waals surface area contributed by atoms with E-state index in [0.717, 1.165) is 19.0 Å². The smallest absolute Gasteiger partial charge is 0.190 e. The molecule has 0 bridgehead atoms. The van der Waals surface area contributed by atoms with Gasteiger partial charge >= 0.3 is 0 Å². The Morgan fingerprint density at radius 2 is 1.91 bits per heavy atom. The second-order valence-corrected chi connectivity index (χ2v) is 7.41. The molecule has 0 aromatic heterocycles. The number of aliphatic imine (C=N–C) groups is 1. The Labute approximate surface area is 142 Å². The van der Waals surface area contributed by atoms with Crippen LogP contribution in [0.25, 0.3) is 0 Å². The van der Waals surface area contributed by atoms with Crippen LogP contribution in [0.3, 0.4) is 0 Å². The molecule has 23 heavy (non-hydrogen) atoms. The van der Waals surface area contributed by atoms with E-state index in [4.69, 9.17) is 0 Å². The van der Waals surface area contributed by atoms with Crippen molar-refractivity contribution in [1.82, 2.24) is 20.4 Å². The third-order valence-corrected chi connectivity index (χ3v) is 5.77. The number of hydrogen-bond donors (Lipinski definition) is 2. The molecule has 5 heteroatoms. The van der Waals surface area contributed by atoms with Gasteiger partial charge in [-0.2, -0.15) is 0 Å². The molecule has 0 spiro atoms. The number of likely N-dealkylation sites (N-methyl/N-ethyl adjacent to an activating group) is 1. The quantitative estimate of drug-likeness (QED) is 0.426. The van der Waals surface area contributed by atoms with Crippen LogP contribution in [0.4, 0.5) is 0 Å². The maximum absolute atomic E-state index is 4.37. The first-order valence-electron chi connectivity index (χ1n) is 9.53. The third kappa shape index (κ3) is 5.96. The van der Waals surface area contributed by atoms with Crippen LogP contribution >= 0.6 is 0 Å². The molecule has 134 valence electrons. The monoisotopic (exact) mass is 323 g/mol. The molecule has 2 fully saturated rings. The summed E-state index contributed by atoms with van der Waals surface area (Å²) in [7, 11) is 4.10. The topological polar surface area (TPSA) is 42.9 Å². The zero-order valence-corrected chi connectivity index (χ0v) is 15.5. The Hall–Kier alpha value is -0.810. The first-order valence-corrected chi connectivity index (χ1v) is 9.53. The Morgan fingerprint density at radius 1 is 1.09 bits per heavy atom. The molecule has 0 unspecified atom stereocenters. The summed E-state index contributed by atoms with van der Waals surface area (Å²) >= 11 is 0. The number of nitrogens with zero attached hydrogens (tertiary/aromatic N) is 3. The molecule has 1 saturated heterocycles. The van der Waals surface area contributed by atoms with Crippen molar-refractivity contribution in [2.45, 2.75) is 45.4 Å². The fourth-order valence-electron chi connectivity index (χ4n) is 3.66. The van der Waals surface area contributed by atoms with Gasteiger partial charge in [-0.1, -0.05) is 13.3 Å². The van der Waals surface area contributed by atoms with Crippen molar-refractivity contribution >= 4 is 5.96 Å². The zero-order chi connectivity index (χ0) is 16.5. The lowest BCUT2D eigenvalue weighted by Crippen LogP contribution is -2.46. The van der Waals surface area contributed by atoms with Crippen molar-refractivity contribution in [3.8, 4) is 0 Å². The Bertz CT molecular complexity index is 359. The number of rotatable bonds is 7. The zero-order valence-electron chi connectivity index (χ0n) is 15.5. The number of guanidine groups is 1. The van der Waals surface area contributed by atoms with Crippen LogP contribution in [0.2, 0.25) is 0 Å². The van der Waals surface area contributed by atoms with Gasteiger partial charge in [0.2, 0.25) is 0 Å². The summed E-state index contributed by atoms with van der Waals surface area (Å²) in [5.74, 6) is 0.973. The fourth-order valence-corrected chi connectivity index (χ4v) is 3.66. The van der Waals surface area contributed by atoms with E-state index in [1.54, 1.807) is 0 Å². The Morgan fingerprint density at radius 3 is 2.57 bits per heavy atom. The van der Waals surface area contributed by atoms with Gasteiger partial charge in [-0.3, -0.25) is 4.99 Å². The minimum atomic E-state index is 0.537. The van der Waals surface area contributed by atoms with Crippen LogP contribution in [-0.4, -0.2) is 75.7 Å². The van der Waals surface area contributed by atoms with Crippen molar-refractivity contribution in [1.29, 1.82) is 0 Å². The van der Waals surface area contributed by atoms with Crippen molar-refractivity contribution in [3.63, 3.8) is 0 Å². The maximum atomic E-state index is 4.37. The van der Waals surface area contributed by atoms with E-state index in [0.29, 0.717) is 5.41 Å². The number of hydrogen-bond acceptors (Lipinski definition) is 3. The van der Waals surface area contributed by atoms with E-state index in [-0.39, 0.29) is 0 Å². The highest BCUT2D eigenvalue weighted by Crippen LogP contribution is 2.42. The van der Waals surface area contributed by atoms with Gasteiger partial charge in [0.05, 0.1) is 0 Å². The Balaban J connectivity index is 1.58. The predicted octanol–water partition coefficient (Wildman–Crippen LogP) is 1.76. The second kappa shape index (κ2) is 9.48. The lowest BCUT2D eigenvalue weighted by atomic mass is 9.67. The fraction of sp³-hybridized carbons (Fsp3) is 0.944. The van der Waals surface area contributed by atoms with Crippen molar-refractivity contribution < 1.29 is 0 Å². The minimum absolute atomic E-state index is 0.537. The molecular weight excluding hydrogens is 286 g/mol. The highest BCUT2D eigenvalue weighted by Gasteiger charge is 2.34. The normalized spacial score (nSPS) is 23.2. The van der Waals surface area contributed by atoms with E-state index in [2.05, 4.69) is 39.4 Å². The van der Waals surface area contributed by atoms with Gasteiger partial charge in [0.25, 0.3) is 0 Å². The highest BCUT2D eigenvalue weighted by atomic mass is 15.2. The van der Waals surface area contributed by atoms with Gasteiger partial charge in [0.1, 0.15) is 0 Å². The second-order valence-electron chi connectivity index (χ2n) is 7.41. The van der Waals surface area contributed by atoms with E-state index in [9.17, 15) is 0 Å². The predicted molar refractivity (Wildman–Crippen MR) is 99.1 cm³/mol. The average Bonchev–Trinajstić information content (AvgIpc) is 2.73. The van der Waals surface area contributed by atoms with E-state index < -0.39 is 0 Å². The van der Waals surface area contributed by atoms with Crippen molar-refractivity contribution in [3.05, 3.63) is 0 Å². The molecule has 1 aliphatic heterocycles. The highest BCUT2D eigenvalue weighted by molar-refractivity contribution is 5.79. The van der Waals surface area contributed by atoms with Crippen molar-refractivity contribution in [2.75, 3.05) is 59.9 Å². The summed E-state index contributed by atoms with van der Waals surface area (Å²) in [4.78, 5) is 9.40. The summed E-state index contributed by atoms with van der Waals surface area (Å²) in [5, 5.41) is 7.02. The summed E-state index contributed by atoms with van der Waals surface area (Å²) < 4.78 is 0. The molecule has 1 heterocycles. The first kappa shape index (κ1) is 18.5. The van der Waals surface area contributed by atoms with Crippen LogP contribution in [0.5, 0.6) is 0 Å². The van der Waals surface area contributed by atoms with E-state index >= 15 is 0 Å². The minimum Gasteiger partial charge on any atom is -0.356 e. The molecule has 1 aliphatic carbocycles. The molecule has 0 amide bonds. The van der Waals surface area contributed by atoms with Crippen molar-refractivity contribution in [2.24, 2.45) is 10.4 Å². The largest absolute Gasteiger partial charge is 0.356 e. The standard InChI is InChI=1S/C18H37N5/c1-4-18(8-5-9-18)16-21-17(19-2)20-10-6-12-23-13-7-11-22(3)14-15-23/h4-16H2,1-3H3,(H2,19,20,21). The maximum Gasteiger partial charge on any atom is 0.190 e. The molecule has 0 aromatic rings. The summed E-state index contributed by atoms with van der Waals surface area (Å²) in [6.07, 6.45) is 7.90. The van der Waals surface area contributed by atoms with Crippen LogP contribution < -0.4 is 10.6 Å². The average molecular weight is 324 g/mol. The summed E-state index contributed by atoms with van der Waals surface area (Å²) in [6, 6.07) is 0. The van der Waals surface area contributed by atoms with Crippen LogP contribution in [0.1, 0.15) is 45.4 Å². The summed E-state index contributed by atoms with van der Waals surface area (Å²) in [6.45, 7) is 10.5. The molecular formula is C18H37N5. The molecule has 0 atom stereocenters. The molecule has 0 radical (unpaired) electrons. The molecule has 2 N–H and O–H groups in total. The van der Waals surface area contributed by atoms with E-state index in [1.165, 1.54) is 71.2 Å². The SMILES string of the molecule is CCC1(CNC(=NC)NCCCN2CCCN(C)CC2)CCC1. The van der Waals surface area contributed by atoms with Gasteiger partial charge in [0.15, 0.2) is 5.96 Å². The van der Waals surface area contributed by atoms with Crippen LogP contribution in [0.15, 0.2) is 4.99 Å². The molecule has 1 saturated carbocycles. The number of nitrogens with one attached hydrogen (secondary N) is 2. The van der Waals surface area contributed by atoms with E-state index in [1.807, 2.05) is 7.05 Å². The van der Waals surface area contributed by atoms with Gasteiger partial charge in [-0.25, -0.2) is 0 Å². The van der Waals surface area contributed by atoms with Gasteiger partial charge in [-0.15, -0.1) is 0 Å². The van der Waals surface area contributed by atoms with Gasteiger partial charge < -0.3 is 20.4 Å². The first-order chi connectivity index (χ1) is 11.2. The van der Waals surface area contributed by atoms with Gasteiger partial charge in [-0.05, 0) is 64.2 Å². The Kier molecular flexibility index (Phi) is 7.63.